The van der Waals surface area contributed by atoms with Gasteiger partial charge in [-0.15, -0.1) is 0 Å². The number of aromatic nitrogens is 3. The molecule has 0 saturated carbocycles. The molecular formula is C22H18N4O2. The zero-order valence-corrected chi connectivity index (χ0v) is 15.0. The second kappa shape index (κ2) is 8.18. The summed E-state index contributed by atoms with van der Waals surface area (Å²) in [6.45, 7) is -0.0785. The fourth-order valence-corrected chi connectivity index (χ4v) is 2.72. The van der Waals surface area contributed by atoms with Gasteiger partial charge in [0.1, 0.15) is 5.75 Å². The van der Waals surface area contributed by atoms with Crippen LogP contribution >= 0.6 is 0 Å². The Hall–Kier alpha value is -3.93. The van der Waals surface area contributed by atoms with E-state index in [0.717, 1.165) is 16.9 Å². The van der Waals surface area contributed by atoms with E-state index in [1.54, 1.807) is 18.7 Å². The highest BCUT2D eigenvalue weighted by Crippen LogP contribution is 2.18. The van der Waals surface area contributed by atoms with Crippen LogP contribution in [0.15, 0.2) is 91.6 Å². The van der Waals surface area contributed by atoms with Crippen LogP contribution in [-0.4, -0.2) is 27.0 Å². The predicted molar refractivity (Wildman–Crippen MR) is 107 cm³/mol. The molecule has 0 bridgehead atoms. The van der Waals surface area contributed by atoms with E-state index in [1.807, 2.05) is 77.5 Å². The minimum absolute atomic E-state index is 0.0785. The van der Waals surface area contributed by atoms with Crippen molar-refractivity contribution in [3.63, 3.8) is 0 Å². The van der Waals surface area contributed by atoms with E-state index < -0.39 is 0 Å². The summed E-state index contributed by atoms with van der Waals surface area (Å²) in [5.74, 6) is 0.379. The van der Waals surface area contributed by atoms with Crippen molar-refractivity contribution in [2.45, 2.75) is 0 Å². The Kier molecular flexibility index (Phi) is 5.11. The molecular weight excluding hydrogens is 352 g/mol. The third-order valence-corrected chi connectivity index (χ3v) is 4.13. The average molecular weight is 370 g/mol. The van der Waals surface area contributed by atoms with Gasteiger partial charge in [0.25, 0.3) is 5.91 Å². The molecule has 0 unspecified atom stereocenters. The van der Waals surface area contributed by atoms with Crippen LogP contribution in [0.3, 0.4) is 0 Å². The quantitative estimate of drug-likeness (QED) is 0.558. The van der Waals surface area contributed by atoms with Crippen molar-refractivity contribution in [1.82, 2.24) is 14.5 Å². The van der Waals surface area contributed by atoms with Gasteiger partial charge in [-0.3, -0.25) is 9.78 Å². The van der Waals surface area contributed by atoms with Crippen LogP contribution in [0.4, 0.5) is 5.69 Å². The highest BCUT2D eigenvalue weighted by Gasteiger charge is 2.06. The van der Waals surface area contributed by atoms with Gasteiger partial charge in [-0.1, -0.05) is 30.3 Å². The Morgan fingerprint density at radius 1 is 1.00 bits per heavy atom. The Balaban J connectivity index is 1.31. The van der Waals surface area contributed by atoms with Crippen molar-refractivity contribution in [2.75, 3.05) is 11.9 Å². The minimum atomic E-state index is -0.243. The maximum atomic E-state index is 12.1. The van der Waals surface area contributed by atoms with Crippen molar-refractivity contribution in [3.8, 4) is 22.7 Å². The summed E-state index contributed by atoms with van der Waals surface area (Å²) < 4.78 is 7.44. The summed E-state index contributed by atoms with van der Waals surface area (Å²) in [6.07, 6.45) is 6.94. The number of ether oxygens (including phenoxy) is 1. The molecule has 6 nitrogen and oxygen atoms in total. The molecule has 2 heterocycles. The largest absolute Gasteiger partial charge is 0.484 e. The number of pyridine rings is 1. The molecule has 138 valence electrons. The summed E-state index contributed by atoms with van der Waals surface area (Å²) >= 11 is 0. The lowest BCUT2D eigenvalue weighted by Crippen LogP contribution is -2.20. The number of carbonyl (C=O) groups excluding carboxylic acids is 1. The summed E-state index contributed by atoms with van der Waals surface area (Å²) in [7, 11) is 0. The van der Waals surface area contributed by atoms with Gasteiger partial charge < -0.3 is 14.6 Å². The van der Waals surface area contributed by atoms with Gasteiger partial charge in [-0.05, 0) is 36.4 Å². The number of benzene rings is 2. The molecule has 0 aliphatic rings. The van der Waals surface area contributed by atoms with Gasteiger partial charge in [0.15, 0.2) is 6.61 Å². The van der Waals surface area contributed by atoms with Crippen LogP contribution in [0.25, 0.3) is 16.9 Å². The van der Waals surface area contributed by atoms with Crippen molar-refractivity contribution < 1.29 is 9.53 Å². The number of hydrogen-bond acceptors (Lipinski definition) is 4. The minimum Gasteiger partial charge on any atom is -0.484 e. The molecule has 0 aliphatic heterocycles. The highest BCUT2D eigenvalue weighted by molar-refractivity contribution is 5.91. The van der Waals surface area contributed by atoms with E-state index in [9.17, 15) is 4.79 Å². The number of carbonyl (C=O) groups is 1. The summed E-state index contributed by atoms with van der Waals surface area (Å²) in [6, 6.07) is 21.0. The predicted octanol–water partition coefficient (Wildman–Crippen LogP) is 3.95. The molecule has 2 aromatic carbocycles. The maximum absolute atomic E-state index is 12.1. The van der Waals surface area contributed by atoms with Crippen molar-refractivity contribution >= 4 is 11.6 Å². The lowest BCUT2D eigenvalue weighted by molar-refractivity contribution is -0.118. The number of nitrogens with zero attached hydrogens (tertiary/aromatic N) is 3. The second-order valence-corrected chi connectivity index (χ2v) is 6.10. The van der Waals surface area contributed by atoms with Crippen LogP contribution in [0.1, 0.15) is 0 Å². The van der Waals surface area contributed by atoms with Gasteiger partial charge >= 0.3 is 0 Å². The molecule has 2 aromatic heterocycles. The van der Waals surface area contributed by atoms with Crippen molar-refractivity contribution in [1.29, 1.82) is 0 Å². The Morgan fingerprint density at radius 3 is 2.50 bits per heavy atom. The van der Waals surface area contributed by atoms with Gasteiger partial charge in [0, 0.05) is 23.6 Å². The third kappa shape index (κ3) is 4.24. The monoisotopic (exact) mass is 370 g/mol. The first-order valence-electron chi connectivity index (χ1n) is 8.80. The summed E-state index contributed by atoms with van der Waals surface area (Å²) in [5.41, 5.74) is 3.48. The molecule has 28 heavy (non-hydrogen) atoms. The van der Waals surface area contributed by atoms with E-state index in [4.69, 9.17) is 4.74 Å². The number of nitrogens with one attached hydrogen (secondary N) is 1. The molecule has 0 fully saturated rings. The average Bonchev–Trinajstić information content (AvgIpc) is 3.29. The standard InChI is InChI=1S/C22H18N4O2/c27-22(15-28-20-9-7-19(8-10-20)26-13-12-23-16-26)25-18-6-11-21(24-14-18)17-4-2-1-3-5-17/h1-14,16H,15H2,(H,25,27). The topological polar surface area (TPSA) is 69.0 Å². The SMILES string of the molecule is O=C(COc1ccc(-n2ccnc2)cc1)Nc1ccc(-c2ccccc2)nc1. The first-order chi connectivity index (χ1) is 13.8. The first kappa shape index (κ1) is 17.5. The molecule has 6 heteroatoms. The van der Waals surface area contributed by atoms with Gasteiger partial charge in [0.2, 0.25) is 0 Å². The van der Waals surface area contributed by atoms with Gasteiger partial charge in [-0.25, -0.2) is 4.98 Å². The Labute approximate surface area is 162 Å². The zero-order chi connectivity index (χ0) is 19.2. The molecule has 1 amide bonds. The second-order valence-electron chi connectivity index (χ2n) is 6.10. The van der Waals surface area contributed by atoms with E-state index in [2.05, 4.69) is 15.3 Å². The highest BCUT2D eigenvalue weighted by atomic mass is 16.5. The lowest BCUT2D eigenvalue weighted by atomic mass is 10.1. The van der Waals surface area contributed by atoms with Crippen LogP contribution in [0.5, 0.6) is 5.75 Å². The molecule has 0 saturated heterocycles. The molecule has 0 atom stereocenters. The molecule has 1 N–H and O–H groups in total. The smallest absolute Gasteiger partial charge is 0.262 e. The Morgan fingerprint density at radius 2 is 1.82 bits per heavy atom. The van der Waals surface area contributed by atoms with Crippen LogP contribution in [0.2, 0.25) is 0 Å². The maximum Gasteiger partial charge on any atom is 0.262 e. The number of anilines is 1. The van der Waals surface area contributed by atoms with Crippen LogP contribution in [-0.2, 0) is 4.79 Å². The summed E-state index contributed by atoms with van der Waals surface area (Å²) in [4.78, 5) is 20.5. The summed E-state index contributed by atoms with van der Waals surface area (Å²) in [5, 5.41) is 2.79. The Bertz CT molecular complexity index is 1030. The van der Waals surface area contributed by atoms with Gasteiger partial charge in [0.05, 0.1) is 23.9 Å². The van der Waals surface area contributed by atoms with Crippen molar-refractivity contribution in [2.24, 2.45) is 0 Å². The van der Waals surface area contributed by atoms with Crippen LogP contribution < -0.4 is 10.1 Å². The molecule has 0 radical (unpaired) electrons. The number of amides is 1. The molecule has 4 aromatic rings. The van der Waals surface area contributed by atoms with E-state index in [0.29, 0.717) is 11.4 Å². The molecule has 0 spiro atoms. The fraction of sp³-hybridized carbons (Fsp3) is 0.0455. The molecule has 4 rings (SSSR count). The third-order valence-electron chi connectivity index (χ3n) is 4.13. The van der Waals surface area contributed by atoms with Crippen LogP contribution in [0, 0.1) is 0 Å². The zero-order valence-electron chi connectivity index (χ0n) is 15.0. The fourth-order valence-electron chi connectivity index (χ4n) is 2.72. The van der Waals surface area contributed by atoms with E-state index in [1.165, 1.54) is 0 Å². The van der Waals surface area contributed by atoms with Crippen molar-refractivity contribution in [3.05, 3.63) is 91.6 Å². The molecule has 0 aliphatic carbocycles. The number of rotatable bonds is 6. The number of hydrogen-bond donors (Lipinski definition) is 1. The normalized spacial score (nSPS) is 10.4. The van der Waals surface area contributed by atoms with Gasteiger partial charge in [-0.2, -0.15) is 0 Å². The first-order valence-corrected chi connectivity index (χ1v) is 8.80. The number of imidazole rings is 1. The lowest BCUT2D eigenvalue weighted by Gasteiger charge is -2.09. The van der Waals surface area contributed by atoms with E-state index in [-0.39, 0.29) is 12.5 Å². The van der Waals surface area contributed by atoms with E-state index >= 15 is 0 Å².